The van der Waals surface area contributed by atoms with Crippen LogP contribution in [0.15, 0.2) is 24.5 Å². The van der Waals surface area contributed by atoms with Gasteiger partial charge in [-0.25, -0.2) is 9.97 Å². The summed E-state index contributed by atoms with van der Waals surface area (Å²) in [6.45, 7) is 5.38. The van der Waals surface area contributed by atoms with Crippen molar-refractivity contribution in [1.29, 1.82) is 0 Å². The van der Waals surface area contributed by atoms with Crippen LogP contribution >= 0.6 is 0 Å². The van der Waals surface area contributed by atoms with Crippen molar-refractivity contribution in [3.63, 3.8) is 0 Å². The van der Waals surface area contributed by atoms with Crippen molar-refractivity contribution in [2.75, 3.05) is 38.8 Å². The van der Waals surface area contributed by atoms with Gasteiger partial charge in [0.2, 0.25) is 0 Å². The molecule has 0 saturated carbocycles. The molecule has 154 valence electrons. The van der Waals surface area contributed by atoms with E-state index in [-0.39, 0.29) is 5.91 Å². The van der Waals surface area contributed by atoms with E-state index in [1.54, 1.807) is 14.2 Å². The predicted octanol–water partition coefficient (Wildman–Crippen LogP) is 2.93. The van der Waals surface area contributed by atoms with Crippen molar-refractivity contribution in [1.82, 2.24) is 14.9 Å². The number of hydrogen-bond acceptors (Lipinski definition) is 6. The topological polar surface area (TPSA) is 67.8 Å². The molecule has 0 unspecified atom stereocenters. The molecule has 1 aromatic carbocycles. The monoisotopic (exact) mass is 396 g/mol. The number of carbonyl (C=O) groups is 1. The summed E-state index contributed by atoms with van der Waals surface area (Å²) in [5.41, 5.74) is 2.92. The maximum atomic E-state index is 12.9. The van der Waals surface area contributed by atoms with Crippen LogP contribution < -0.4 is 14.4 Å². The first-order chi connectivity index (χ1) is 14.1. The van der Waals surface area contributed by atoms with Gasteiger partial charge in [0, 0.05) is 32.2 Å². The lowest BCUT2D eigenvalue weighted by Gasteiger charge is -2.31. The Balaban J connectivity index is 1.53. The number of hydrogen-bond donors (Lipinski definition) is 0. The van der Waals surface area contributed by atoms with E-state index in [2.05, 4.69) is 27.9 Å². The molecule has 2 aliphatic rings. The largest absolute Gasteiger partial charge is 0.493 e. The minimum atomic E-state index is 0.00404. The third kappa shape index (κ3) is 3.99. The SMILES string of the molecule is COc1cc2c(cc1OC)CN(c1cc(C(=O)N3CCC(C)CC3)ncn1)CC2. The second-order valence-corrected chi connectivity index (χ2v) is 7.88. The van der Waals surface area contributed by atoms with Crippen LogP contribution in [0.3, 0.4) is 0 Å². The van der Waals surface area contributed by atoms with Gasteiger partial charge >= 0.3 is 0 Å². The Kier molecular flexibility index (Phi) is 5.56. The van der Waals surface area contributed by atoms with Crippen molar-refractivity contribution >= 4 is 11.7 Å². The molecule has 0 N–H and O–H groups in total. The molecule has 1 fully saturated rings. The van der Waals surface area contributed by atoms with Crippen LogP contribution in [0, 0.1) is 5.92 Å². The first kappa shape index (κ1) is 19.5. The molecule has 0 bridgehead atoms. The fourth-order valence-corrected chi connectivity index (χ4v) is 4.09. The number of carbonyl (C=O) groups excluding carboxylic acids is 1. The van der Waals surface area contributed by atoms with E-state index in [0.29, 0.717) is 18.2 Å². The molecule has 0 aliphatic carbocycles. The number of likely N-dealkylation sites (tertiary alicyclic amines) is 1. The van der Waals surface area contributed by atoms with Crippen LogP contribution in [-0.4, -0.2) is 54.6 Å². The maximum Gasteiger partial charge on any atom is 0.272 e. The van der Waals surface area contributed by atoms with Crippen molar-refractivity contribution in [2.45, 2.75) is 32.7 Å². The Morgan fingerprint density at radius 1 is 1.00 bits per heavy atom. The third-order valence-electron chi connectivity index (χ3n) is 5.98. The molecular formula is C22H28N4O3. The zero-order chi connectivity index (χ0) is 20.4. The smallest absolute Gasteiger partial charge is 0.272 e. The molecule has 7 nitrogen and oxygen atoms in total. The quantitative estimate of drug-likeness (QED) is 0.792. The maximum absolute atomic E-state index is 12.9. The highest BCUT2D eigenvalue weighted by atomic mass is 16.5. The lowest BCUT2D eigenvalue weighted by atomic mass is 9.98. The van der Waals surface area contributed by atoms with Gasteiger partial charge in [-0.15, -0.1) is 0 Å². The lowest BCUT2D eigenvalue weighted by Crippen LogP contribution is -2.38. The van der Waals surface area contributed by atoms with Crippen molar-refractivity contribution in [3.8, 4) is 11.5 Å². The lowest BCUT2D eigenvalue weighted by molar-refractivity contribution is 0.0691. The zero-order valence-corrected chi connectivity index (χ0v) is 17.4. The van der Waals surface area contributed by atoms with Gasteiger partial charge in [0.05, 0.1) is 14.2 Å². The second kappa shape index (κ2) is 8.27. The molecule has 4 rings (SSSR count). The first-order valence-electron chi connectivity index (χ1n) is 10.2. The summed E-state index contributed by atoms with van der Waals surface area (Å²) in [4.78, 5) is 25.7. The van der Waals surface area contributed by atoms with Crippen LogP contribution in [-0.2, 0) is 13.0 Å². The number of rotatable bonds is 4. The summed E-state index contributed by atoms with van der Waals surface area (Å²) in [6.07, 6.45) is 4.49. The van der Waals surface area contributed by atoms with Gasteiger partial charge in [0.25, 0.3) is 5.91 Å². The van der Waals surface area contributed by atoms with E-state index in [4.69, 9.17) is 9.47 Å². The van der Waals surface area contributed by atoms with Crippen LogP contribution in [0.1, 0.15) is 41.4 Å². The highest BCUT2D eigenvalue weighted by Crippen LogP contribution is 2.34. The molecule has 0 spiro atoms. The number of ether oxygens (including phenoxy) is 2. The fourth-order valence-electron chi connectivity index (χ4n) is 4.09. The summed E-state index contributed by atoms with van der Waals surface area (Å²) in [7, 11) is 3.30. The van der Waals surface area contributed by atoms with E-state index in [0.717, 1.165) is 56.2 Å². The number of benzene rings is 1. The summed E-state index contributed by atoms with van der Waals surface area (Å²) in [5, 5.41) is 0. The number of methoxy groups -OCH3 is 2. The highest BCUT2D eigenvalue weighted by Gasteiger charge is 2.25. The molecule has 1 aromatic heterocycles. The molecule has 7 heteroatoms. The Hall–Kier alpha value is -2.83. The normalized spacial score (nSPS) is 17.1. The Morgan fingerprint density at radius 3 is 2.38 bits per heavy atom. The molecule has 0 radical (unpaired) electrons. The third-order valence-corrected chi connectivity index (χ3v) is 5.98. The fraction of sp³-hybridized carbons (Fsp3) is 0.500. The van der Waals surface area contributed by atoms with E-state index in [1.165, 1.54) is 17.5 Å². The van der Waals surface area contributed by atoms with Crippen molar-refractivity contribution in [3.05, 3.63) is 41.3 Å². The minimum Gasteiger partial charge on any atom is -0.493 e. The minimum absolute atomic E-state index is 0.00404. The molecule has 2 aliphatic heterocycles. The summed E-state index contributed by atoms with van der Waals surface area (Å²) in [6, 6.07) is 5.91. The van der Waals surface area contributed by atoms with Crippen LogP contribution in [0.5, 0.6) is 11.5 Å². The van der Waals surface area contributed by atoms with E-state index < -0.39 is 0 Å². The van der Waals surface area contributed by atoms with Gasteiger partial charge in [-0.1, -0.05) is 6.92 Å². The molecule has 1 amide bonds. The Morgan fingerprint density at radius 2 is 1.69 bits per heavy atom. The average molecular weight is 396 g/mol. The molecule has 1 saturated heterocycles. The second-order valence-electron chi connectivity index (χ2n) is 7.88. The number of anilines is 1. The van der Waals surface area contributed by atoms with Gasteiger partial charge in [-0.2, -0.15) is 0 Å². The van der Waals surface area contributed by atoms with Gasteiger partial charge in [0.15, 0.2) is 11.5 Å². The van der Waals surface area contributed by atoms with Gasteiger partial charge in [-0.05, 0) is 48.4 Å². The molecule has 3 heterocycles. The van der Waals surface area contributed by atoms with Crippen LogP contribution in [0.4, 0.5) is 5.82 Å². The van der Waals surface area contributed by atoms with Crippen molar-refractivity contribution in [2.24, 2.45) is 5.92 Å². The highest BCUT2D eigenvalue weighted by molar-refractivity contribution is 5.93. The average Bonchev–Trinajstić information content (AvgIpc) is 2.77. The van der Waals surface area contributed by atoms with Gasteiger partial charge in [0.1, 0.15) is 17.8 Å². The van der Waals surface area contributed by atoms with E-state index in [1.807, 2.05) is 17.0 Å². The van der Waals surface area contributed by atoms with Crippen LogP contribution in [0.2, 0.25) is 0 Å². The van der Waals surface area contributed by atoms with Crippen molar-refractivity contribution < 1.29 is 14.3 Å². The van der Waals surface area contributed by atoms with Gasteiger partial charge in [-0.3, -0.25) is 4.79 Å². The Labute approximate surface area is 171 Å². The number of aromatic nitrogens is 2. The molecule has 0 atom stereocenters. The summed E-state index contributed by atoms with van der Waals surface area (Å²) >= 11 is 0. The first-order valence-corrected chi connectivity index (χ1v) is 10.2. The molecule has 29 heavy (non-hydrogen) atoms. The number of nitrogens with zero attached hydrogens (tertiary/aromatic N) is 4. The summed E-state index contributed by atoms with van der Waals surface area (Å²) < 4.78 is 10.9. The summed E-state index contributed by atoms with van der Waals surface area (Å²) in [5.74, 6) is 2.96. The van der Waals surface area contributed by atoms with E-state index in [9.17, 15) is 4.79 Å². The predicted molar refractivity (Wildman–Crippen MR) is 111 cm³/mol. The van der Waals surface area contributed by atoms with E-state index >= 15 is 0 Å². The molecular weight excluding hydrogens is 368 g/mol. The number of fused-ring (bicyclic) bond motifs is 1. The van der Waals surface area contributed by atoms with Crippen LogP contribution in [0.25, 0.3) is 0 Å². The standard InChI is InChI=1S/C22H28N4O3/c1-15-4-7-25(8-5-15)22(27)18-12-21(24-14-23-18)26-9-6-16-10-19(28-2)20(29-3)11-17(16)13-26/h10-12,14-15H,4-9,13H2,1-3H3. The number of piperidine rings is 1. The number of amides is 1. The zero-order valence-electron chi connectivity index (χ0n) is 17.4. The Bertz CT molecular complexity index is 894. The van der Waals surface area contributed by atoms with Gasteiger partial charge < -0.3 is 19.3 Å². The molecule has 2 aromatic rings.